The highest BCUT2D eigenvalue weighted by Gasteiger charge is 2.12. The summed E-state index contributed by atoms with van der Waals surface area (Å²) in [5.74, 6) is -0.586. The number of amides is 1. The van der Waals surface area contributed by atoms with Gasteiger partial charge < -0.3 is 11.1 Å². The molecule has 0 radical (unpaired) electrons. The Morgan fingerprint density at radius 3 is 2.74 bits per heavy atom. The van der Waals surface area contributed by atoms with Crippen molar-refractivity contribution >= 4 is 39.9 Å². The lowest BCUT2D eigenvalue weighted by atomic mass is 10.1. The zero-order chi connectivity index (χ0) is 14.0. The minimum Gasteiger partial charge on any atom is -0.398 e. The van der Waals surface area contributed by atoms with E-state index in [-0.39, 0.29) is 11.7 Å². The second-order valence-corrected chi connectivity index (χ2v) is 5.26. The van der Waals surface area contributed by atoms with E-state index < -0.39 is 0 Å². The average molecular weight is 370 g/mol. The first-order valence-electron chi connectivity index (χ1n) is 5.60. The first-order valence-corrected chi connectivity index (χ1v) is 6.68. The molecule has 2 rings (SSSR count). The molecule has 1 amide bonds. The highest BCUT2D eigenvalue weighted by molar-refractivity contribution is 14.1. The standard InChI is InChI=1S/C14H12FIN2O/c1-8-10(3-2-4-12(8)17)14(19)18-13-6-5-9(15)7-11(13)16/h2-7H,17H2,1H3,(H,18,19). The number of carbonyl (C=O) groups is 1. The number of benzene rings is 2. The van der Waals surface area contributed by atoms with Crippen molar-refractivity contribution in [1.29, 1.82) is 0 Å². The SMILES string of the molecule is Cc1c(N)cccc1C(=O)Nc1ccc(F)cc1I. The molecule has 98 valence electrons. The molecule has 0 atom stereocenters. The molecule has 0 saturated heterocycles. The smallest absolute Gasteiger partial charge is 0.256 e. The van der Waals surface area contributed by atoms with Crippen molar-refractivity contribution in [3.63, 3.8) is 0 Å². The van der Waals surface area contributed by atoms with E-state index in [0.29, 0.717) is 20.5 Å². The monoisotopic (exact) mass is 370 g/mol. The van der Waals surface area contributed by atoms with Gasteiger partial charge in [-0.05, 0) is 65.4 Å². The number of nitrogens with one attached hydrogen (secondary N) is 1. The second kappa shape index (κ2) is 5.56. The number of anilines is 2. The summed E-state index contributed by atoms with van der Waals surface area (Å²) in [6.45, 7) is 1.79. The number of halogens is 2. The topological polar surface area (TPSA) is 55.1 Å². The van der Waals surface area contributed by atoms with Gasteiger partial charge in [-0.3, -0.25) is 4.79 Å². The fourth-order valence-corrected chi connectivity index (χ4v) is 2.29. The summed E-state index contributed by atoms with van der Waals surface area (Å²) in [5, 5.41) is 2.75. The van der Waals surface area contributed by atoms with Gasteiger partial charge in [0.2, 0.25) is 0 Å². The molecular formula is C14H12FIN2O. The van der Waals surface area contributed by atoms with Crippen molar-refractivity contribution in [1.82, 2.24) is 0 Å². The summed E-state index contributed by atoms with van der Waals surface area (Å²) in [7, 11) is 0. The average Bonchev–Trinajstić information content (AvgIpc) is 2.36. The van der Waals surface area contributed by atoms with Crippen LogP contribution in [0.5, 0.6) is 0 Å². The summed E-state index contributed by atoms with van der Waals surface area (Å²) < 4.78 is 13.6. The van der Waals surface area contributed by atoms with Gasteiger partial charge in [-0.25, -0.2) is 4.39 Å². The molecule has 2 aromatic carbocycles. The van der Waals surface area contributed by atoms with Gasteiger partial charge in [0.05, 0.1) is 5.69 Å². The van der Waals surface area contributed by atoms with E-state index in [4.69, 9.17) is 5.73 Å². The van der Waals surface area contributed by atoms with Gasteiger partial charge in [0.25, 0.3) is 5.91 Å². The molecule has 3 nitrogen and oxygen atoms in total. The minimum absolute atomic E-state index is 0.255. The minimum atomic E-state index is -0.331. The van der Waals surface area contributed by atoms with Crippen molar-refractivity contribution in [3.05, 3.63) is 56.9 Å². The summed E-state index contributed by atoms with van der Waals surface area (Å²) in [4.78, 5) is 12.2. The second-order valence-electron chi connectivity index (χ2n) is 4.10. The Balaban J connectivity index is 2.28. The lowest BCUT2D eigenvalue weighted by molar-refractivity contribution is 0.102. The molecule has 0 aliphatic carbocycles. The third-order valence-corrected chi connectivity index (χ3v) is 3.69. The Kier molecular flexibility index (Phi) is 4.04. The van der Waals surface area contributed by atoms with E-state index in [1.54, 1.807) is 25.1 Å². The molecule has 0 fully saturated rings. The van der Waals surface area contributed by atoms with Crippen LogP contribution in [-0.4, -0.2) is 5.91 Å². The molecule has 0 bridgehead atoms. The third kappa shape index (κ3) is 3.04. The highest BCUT2D eigenvalue weighted by Crippen LogP contribution is 2.21. The van der Waals surface area contributed by atoms with E-state index in [2.05, 4.69) is 5.32 Å². The van der Waals surface area contributed by atoms with Gasteiger partial charge in [-0.2, -0.15) is 0 Å². The van der Waals surface area contributed by atoms with Gasteiger partial charge in [0, 0.05) is 14.8 Å². The van der Waals surface area contributed by atoms with Crippen LogP contribution in [0.1, 0.15) is 15.9 Å². The number of carbonyl (C=O) groups excluding carboxylic acids is 1. The zero-order valence-corrected chi connectivity index (χ0v) is 12.4. The molecule has 2 aromatic rings. The van der Waals surface area contributed by atoms with E-state index >= 15 is 0 Å². The predicted octanol–water partition coefficient (Wildman–Crippen LogP) is 3.57. The number of nitrogens with two attached hydrogens (primary N) is 1. The number of nitrogen functional groups attached to an aromatic ring is 1. The predicted molar refractivity (Wildman–Crippen MR) is 82.7 cm³/mol. The maximum atomic E-state index is 13.0. The molecule has 0 aliphatic heterocycles. The van der Waals surface area contributed by atoms with Crippen LogP contribution < -0.4 is 11.1 Å². The maximum absolute atomic E-state index is 13.0. The molecule has 0 aromatic heterocycles. The summed E-state index contributed by atoms with van der Waals surface area (Å²) in [6, 6.07) is 9.39. The first-order chi connectivity index (χ1) is 8.99. The highest BCUT2D eigenvalue weighted by atomic mass is 127. The van der Waals surface area contributed by atoms with Crippen LogP contribution >= 0.6 is 22.6 Å². The van der Waals surface area contributed by atoms with Crippen LogP contribution in [0.4, 0.5) is 15.8 Å². The Bertz CT molecular complexity index is 643. The lowest BCUT2D eigenvalue weighted by Crippen LogP contribution is -2.15. The first kappa shape index (κ1) is 13.8. The van der Waals surface area contributed by atoms with Crippen LogP contribution in [0, 0.1) is 16.3 Å². The quantitative estimate of drug-likeness (QED) is 0.627. The van der Waals surface area contributed by atoms with Crippen molar-refractivity contribution in [3.8, 4) is 0 Å². The van der Waals surface area contributed by atoms with E-state index in [0.717, 1.165) is 5.56 Å². The zero-order valence-electron chi connectivity index (χ0n) is 10.2. The number of rotatable bonds is 2. The largest absolute Gasteiger partial charge is 0.398 e. The van der Waals surface area contributed by atoms with Crippen molar-refractivity contribution in [2.75, 3.05) is 11.1 Å². The van der Waals surface area contributed by atoms with Gasteiger partial charge >= 0.3 is 0 Å². The summed E-state index contributed by atoms with van der Waals surface area (Å²) in [6.07, 6.45) is 0. The van der Waals surface area contributed by atoms with Crippen molar-refractivity contribution in [2.45, 2.75) is 6.92 Å². The Hall–Kier alpha value is -1.63. The molecule has 0 spiro atoms. The van der Waals surface area contributed by atoms with Crippen LogP contribution in [0.3, 0.4) is 0 Å². The Morgan fingerprint density at radius 2 is 2.05 bits per heavy atom. The molecule has 0 heterocycles. The van der Waals surface area contributed by atoms with Gasteiger partial charge in [0.1, 0.15) is 5.82 Å². The molecule has 5 heteroatoms. The van der Waals surface area contributed by atoms with Crippen molar-refractivity contribution < 1.29 is 9.18 Å². The van der Waals surface area contributed by atoms with Crippen LogP contribution in [-0.2, 0) is 0 Å². The number of hydrogen-bond donors (Lipinski definition) is 2. The van der Waals surface area contributed by atoms with Gasteiger partial charge in [-0.1, -0.05) is 6.07 Å². The normalized spacial score (nSPS) is 10.3. The molecule has 0 unspecified atom stereocenters. The Morgan fingerprint density at radius 1 is 1.32 bits per heavy atom. The molecule has 0 aliphatic rings. The maximum Gasteiger partial charge on any atom is 0.256 e. The van der Waals surface area contributed by atoms with Gasteiger partial charge in [0.15, 0.2) is 0 Å². The van der Waals surface area contributed by atoms with Crippen LogP contribution in [0.15, 0.2) is 36.4 Å². The summed E-state index contributed by atoms with van der Waals surface area (Å²) in [5.41, 5.74) is 8.17. The lowest BCUT2D eigenvalue weighted by Gasteiger charge is -2.10. The van der Waals surface area contributed by atoms with Gasteiger partial charge in [-0.15, -0.1) is 0 Å². The fourth-order valence-electron chi connectivity index (χ4n) is 1.68. The fraction of sp³-hybridized carbons (Fsp3) is 0.0714. The molecule has 0 saturated carbocycles. The van der Waals surface area contributed by atoms with Crippen molar-refractivity contribution in [2.24, 2.45) is 0 Å². The van der Waals surface area contributed by atoms with Crippen LogP contribution in [0.25, 0.3) is 0 Å². The van der Waals surface area contributed by atoms with E-state index in [9.17, 15) is 9.18 Å². The molecule has 19 heavy (non-hydrogen) atoms. The Labute approximate surface area is 124 Å². The number of hydrogen-bond acceptors (Lipinski definition) is 2. The third-order valence-electron chi connectivity index (χ3n) is 2.80. The molecular weight excluding hydrogens is 358 g/mol. The van der Waals surface area contributed by atoms with E-state index in [1.165, 1.54) is 18.2 Å². The van der Waals surface area contributed by atoms with Crippen LogP contribution in [0.2, 0.25) is 0 Å². The summed E-state index contributed by atoms with van der Waals surface area (Å²) >= 11 is 1.97. The van der Waals surface area contributed by atoms with E-state index in [1.807, 2.05) is 22.6 Å². The molecule has 3 N–H and O–H groups in total.